The second-order valence-electron chi connectivity index (χ2n) is 7.17. The van der Waals surface area contributed by atoms with Crippen molar-refractivity contribution in [2.75, 3.05) is 0 Å². The lowest BCUT2D eigenvalue weighted by Crippen LogP contribution is -2.24. The van der Waals surface area contributed by atoms with Crippen LogP contribution in [0.4, 0.5) is 10.7 Å². The van der Waals surface area contributed by atoms with E-state index >= 15 is 0 Å². The van der Waals surface area contributed by atoms with Gasteiger partial charge >= 0.3 is 0 Å². The molecule has 1 amide bonds. The normalized spacial score (nSPS) is 13.2. The van der Waals surface area contributed by atoms with Crippen molar-refractivity contribution in [2.45, 2.75) is 32.2 Å². The summed E-state index contributed by atoms with van der Waals surface area (Å²) in [5.41, 5.74) is 3.43. The van der Waals surface area contributed by atoms with Gasteiger partial charge in [0, 0.05) is 29.8 Å². The molecule has 0 saturated carbocycles. The number of nitrogens with one attached hydrogen (secondary N) is 1. The molecule has 1 aromatic heterocycles. The summed E-state index contributed by atoms with van der Waals surface area (Å²) in [7, 11) is 0. The zero-order valence-corrected chi connectivity index (χ0v) is 17.2. The predicted octanol–water partition coefficient (Wildman–Crippen LogP) is 5.22. The van der Waals surface area contributed by atoms with Gasteiger partial charge in [-0.3, -0.25) is 14.9 Å². The minimum Gasteiger partial charge on any atom is -0.348 e. The molecule has 0 fully saturated rings. The summed E-state index contributed by atoms with van der Waals surface area (Å²) in [4.78, 5) is 29.4. The number of carbonyl (C=O) groups is 1. The van der Waals surface area contributed by atoms with Crippen LogP contribution in [0.25, 0.3) is 0 Å². The summed E-state index contributed by atoms with van der Waals surface area (Å²) in [6.07, 6.45) is 5.62. The van der Waals surface area contributed by atoms with E-state index in [0.29, 0.717) is 22.7 Å². The summed E-state index contributed by atoms with van der Waals surface area (Å²) < 4.78 is 0. The van der Waals surface area contributed by atoms with Crippen LogP contribution in [0, 0.1) is 10.1 Å². The number of hydrogen-bond donors (Lipinski definition) is 1. The topological polar surface area (TPSA) is 84.6 Å². The SMILES string of the molecule is O=C(NCc1ccccc1)c1c(N=Cc2cccc([N+](=O)[O-])c2)sc2c1CCCC2. The molecule has 1 aliphatic rings. The molecule has 2 aromatic carbocycles. The second-order valence-corrected chi connectivity index (χ2v) is 8.25. The third-order valence-electron chi connectivity index (χ3n) is 5.09. The Labute approximate surface area is 178 Å². The molecular weight excluding hydrogens is 398 g/mol. The fourth-order valence-corrected chi connectivity index (χ4v) is 4.83. The molecule has 0 spiro atoms. The van der Waals surface area contributed by atoms with Crippen LogP contribution in [0.5, 0.6) is 0 Å². The van der Waals surface area contributed by atoms with Crippen molar-refractivity contribution in [1.29, 1.82) is 0 Å². The molecular formula is C23H21N3O3S. The largest absolute Gasteiger partial charge is 0.348 e. The summed E-state index contributed by atoms with van der Waals surface area (Å²) in [5, 5.41) is 14.7. The first-order valence-electron chi connectivity index (χ1n) is 9.87. The molecule has 0 atom stereocenters. The molecule has 0 bridgehead atoms. The third-order valence-corrected chi connectivity index (χ3v) is 6.29. The summed E-state index contributed by atoms with van der Waals surface area (Å²) in [6.45, 7) is 0.457. The Morgan fingerprint density at radius 2 is 1.93 bits per heavy atom. The summed E-state index contributed by atoms with van der Waals surface area (Å²) in [6, 6.07) is 16.1. The summed E-state index contributed by atoms with van der Waals surface area (Å²) >= 11 is 1.55. The van der Waals surface area contributed by atoms with Gasteiger partial charge in [-0.2, -0.15) is 0 Å². The van der Waals surface area contributed by atoms with Crippen molar-refractivity contribution >= 4 is 34.1 Å². The maximum atomic E-state index is 13.1. The van der Waals surface area contributed by atoms with Gasteiger partial charge in [0.1, 0.15) is 5.00 Å². The molecule has 4 rings (SSSR count). The fourth-order valence-electron chi connectivity index (χ4n) is 3.59. The molecule has 0 saturated heterocycles. The van der Waals surface area contributed by atoms with Crippen LogP contribution >= 0.6 is 11.3 Å². The van der Waals surface area contributed by atoms with E-state index in [-0.39, 0.29) is 11.6 Å². The van der Waals surface area contributed by atoms with Crippen molar-refractivity contribution in [3.05, 3.63) is 91.8 Å². The van der Waals surface area contributed by atoms with E-state index in [1.165, 1.54) is 17.0 Å². The van der Waals surface area contributed by atoms with Crippen molar-refractivity contribution < 1.29 is 9.72 Å². The number of thiophene rings is 1. The first-order chi connectivity index (χ1) is 14.6. The van der Waals surface area contributed by atoms with E-state index in [1.54, 1.807) is 29.7 Å². The highest BCUT2D eigenvalue weighted by atomic mass is 32.1. The van der Waals surface area contributed by atoms with Crippen LogP contribution in [0.3, 0.4) is 0 Å². The smallest absolute Gasteiger partial charge is 0.270 e. The van der Waals surface area contributed by atoms with E-state index in [4.69, 9.17) is 0 Å². The molecule has 1 aliphatic carbocycles. The Hall–Kier alpha value is -3.32. The Balaban J connectivity index is 1.61. The van der Waals surface area contributed by atoms with Crippen LogP contribution in [0.15, 0.2) is 59.6 Å². The van der Waals surface area contributed by atoms with Gasteiger partial charge in [-0.05, 0) is 42.4 Å². The Morgan fingerprint density at radius 3 is 2.73 bits per heavy atom. The van der Waals surface area contributed by atoms with E-state index < -0.39 is 4.92 Å². The number of aryl methyl sites for hydroxylation is 1. The van der Waals surface area contributed by atoms with Crippen LogP contribution < -0.4 is 5.32 Å². The quantitative estimate of drug-likeness (QED) is 0.338. The number of benzene rings is 2. The number of nitro groups is 1. The van der Waals surface area contributed by atoms with Crippen molar-refractivity contribution in [3.63, 3.8) is 0 Å². The van der Waals surface area contributed by atoms with Gasteiger partial charge in [0.05, 0.1) is 10.5 Å². The zero-order chi connectivity index (χ0) is 20.9. The molecule has 30 heavy (non-hydrogen) atoms. The number of rotatable bonds is 6. The maximum absolute atomic E-state index is 13.1. The number of hydrogen-bond acceptors (Lipinski definition) is 5. The number of fused-ring (bicyclic) bond motifs is 1. The van der Waals surface area contributed by atoms with Crippen LogP contribution in [-0.2, 0) is 19.4 Å². The van der Waals surface area contributed by atoms with Gasteiger partial charge in [-0.1, -0.05) is 42.5 Å². The Kier molecular flexibility index (Phi) is 5.99. The lowest BCUT2D eigenvalue weighted by molar-refractivity contribution is -0.384. The number of non-ortho nitro benzene ring substituents is 1. The van der Waals surface area contributed by atoms with Crippen molar-refractivity contribution in [2.24, 2.45) is 4.99 Å². The van der Waals surface area contributed by atoms with E-state index in [9.17, 15) is 14.9 Å². The molecule has 0 aliphatic heterocycles. The Morgan fingerprint density at radius 1 is 1.13 bits per heavy atom. The molecule has 152 valence electrons. The van der Waals surface area contributed by atoms with Gasteiger partial charge in [0.2, 0.25) is 0 Å². The molecule has 3 aromatic rings. The minimum atomic E-state index is -0.427. The van der Waals surface area contributed by atoms with Crippen molar-refractivity contribution in [3.8, 4) is 0 Å². The van der Waals surface area contributed by atoms with Gasteiger partial charge in [0.25, 0.3) is 11.6 Å². The lowest BCUT2D eigenvalue weighted by atomic mass is 9.95. The van der Waals surface area contributed by atoms with Crippen LogP contribution in [0.2, 0.25) is 0 Å². The van der Waals surface area contributed by atoms with Gasteiger partial charge < -0.3 is 5.32 Å². The number of nitrogens with zero attached hydrogens (tertiary/aromatic N) is 2. The van der Waals surface area contributed by atoms with Gasteiger partial charge in [-0.25, -0.2) is 4.99 Å². The third kappa shape index (κ3) is 4.46. The number of nitro benzene ring substituents is 1. The van der Waals surface area contributed by atoms with Crippen molar-refractivity contribution in [1.82, 2.24) is 5.32 Å². The average Bonchev–Trinajstić information content (AvgIpc) is 3.15. The molecule has 0 unspecified atom stereocenters. The summed E-state index contributed by atoms with van der Waals surface area (Å²) in [5.74, 6) is -0.121. The first kappa shape index (κ1) is 20.0. The first-order valence-corrected chi connectivity index (χ1v) is 10.7. The predicted molar refractivity (Wildman–Crippen MR) is 119 cm³/mol. The lowest BCUT2D eigenvalue weighted by Gasteiger charge is -2.12. The fraction of sp³-hybridized carbons (Fsp3) is 0.217. The van der Waals surface area contributed by atoms with E-state index in [1.807, 2.05) is 30.3 Å². The Bertz CT molecular complexity index is 1110. The van der Waals surface area contributed by atoms with E-state index in [2.05, 4.69) is 10.3 Å². The van der Waals surface area contributed by atoms with Gasteiger partial charge in [0.15, 0.2) is 0 Å². The highest BCUT2D eigenvalue weighted by Gasteiger charge is 2.25. The second kappa shape index (κ2) is 9.00. The van der Waals surface area contributed by atoms with Gasteiger partial charge in [-0.15, -0.1) is 11.3 Å². The molecule has 1 heterocycles. The molecule has 0 radical (unpaired) electrons. The highest BCUT2D eigenvalue weighted by Crippen LogP contribution is 2.39. The number of amides is 1. The van der Waals surface area contributed by atoms with Crippen LogP contribution in [-0.4, -0.2) is 17.0 Å². The maximum Gasteiger partial charge on any atom is 0.270 e. The van der Waals surface area contributed by atoms with Crippen LogP contribution in [0.1, 0.15) is 44.8 Å². The zero-order valence-electron chi connectivity index (χ0n) is 16.3. The molecule has 1 N–H and O–H groups in total. The van der Waals surface area contributed by atoms with E-state index in [0.717, 1.165) is 36.8 Å². The average molecular weight is 420 g/mol. The number of aliphatic imine (C=N–C) groups is 1. The molecule has 7 heteroatoms. The number of carbonyl (C=O) groups excluding carboxylic acids is 1. The monoisotopic (exact) mass is 419 g/mol. The standard InChI is InChI=1S/C23H21N3O3S/c27-22(24-14-16-7-2-1-3-8-16)21-19-11-4-5-12-20(19)30-23(21)25-15-17-9-6-10-18(13-17)26(28)29/h1-3,6-10,13,15H,4-5,11-12,14H2,(H,24,27). The highest BCUT2D eigenvalue weighted by molar-refractivity contribution is 7.16. The molecule has 6 nitrogen and oxygen atoms in total. The minimum absolute atomic E-state index is 0.0188.